The minimum Gasteiger partial charge on any atom is -0.385 e. The lowest BCUT2D eigenvalue weighted by molar-refractivity contribution is -0.276. The second-order valence-electron chi connectivity index (χ2n) is 4.54. The van der Waals surface area contributed by atoms with Crippen molar-refractivity contribution in [1.29, 1.82) is 0 Å². The van der Waals surface area contributed by atoms with Gasteiger partial charge in [-0.1, -0.05) is 0 Å². The van der Waals surface area contributed by atoms with Crippen LogP contribution in [0.3, 0.4) is 0 Å². The molecule has 1 saturated heterocycles. The molecule has 2 unspecified atom stereocenters. The van der Waals surface area contributed by atoms with Gasteiger partial charge in [0, 0.05) is 12.4 Å². The molecule has 0 aromatic carbocycles. The fraction of sp³-hybridized carbons (Fsp3) is 0.636. The number of Topliss-reactive ketones (excluding diaryl/α,β-unsaturated/α-hetero) is 1. The Balaban J connectivity index is 2.12. The number of rotatable bonds is 3. The van der Waals surface area contributed by atoms with Crippen LogP contribution in [0.5, 0.6) is 0 Å². The number of hydrogen-bond acceptors (Lipinski definition) is 5. The van der Waals surface area contributed by atoms with Crippen molar-refractivity contribution in [2.75, 3.05) is 6.61 Å². The average molecular weight is 258 g/mol. The van der Waals surface area contributed by atoms with Gasteiger partial charge in [0.05, 0.1) is 0 Å². The molecule has 3 atom stereocenters. The Kier molecular flexibility index (Phi) is 3.47. The second-order valence-corrected chi connectivity index (χ2v) is 4.54. The molecule has 6 nitrogen and oxygen atoms in total. The minimum absolute atomic E-state index is 0.208. The van der Waals surface area contributed by atoms with Gasteiger partial charge >= 0.3 is 0 Å². The molecule has 7 heteroatoms. The Hall–Kier alpha value is -1.31. The van der Waals surface area contributed by atoms with Gasteiger partial charge in [0.15, 0.2) is 17.7 Å². The minimum atomic E-state index is -1.84. The van der Waals surface area contributed by atoms with E-state index in [1.54, 1.807) is 13.8 Å². The van der Waals surface area contributed by atoms with Crippen LogP contribution in [0.2, 0.25) is 0 Å². The van der Waals surface area contributed by atoms with Crippen molar-refractivity contribution in [3.63, 3.8) is 0 Å². The predicted octanol–water partition coefficient (Wildman–Crippen LogP) is 0.433. The number of carbonyl (C=O) groups excluding carboxylic acids is 1. The smallest absolute Gasteiger partial charge is 0.220 e. The molecule has 0 amide bonds. The first-order valence-corrected chi connectivity index (χ1v) is 5.56. The van der Waals surface area contributed by atoms with Crippen LogP contribution >= 0.6 is 0 Å². The number of hydrogen-bond donors (Lipinski definition) is 1. The van der Waals surface area contributed by atoms with Gasteiger partial charge < -0.3 is 14.6 Å². The SMILES string of the molecule is CC1(C)OCC(=O)C([C@@H](O)C(F)n2cccn2)O1. The molecule has 2 heterocycles. The molecule has 1 aliphatic rings. The van der Waals surface area contributed by atoms with Crippen LogP contribution in [-0.2, 0) is 14.3 Å². The Bertz CT molecular complexity index is 421. The van der Waals surface area contributed by atoms with Gasteiger partial charge in [-0.3, -0.25) is 4.79 Å². The van der Waals surface area contributed by atoms with Crippen molar-refractivity contribution >= 4 is 5.78 Å². The number of ether oxygens (including phenoxy) is 2. The zero-order chi connectivity index (χ0) is 13.3. The van der Waals surface area contributed by atoms with E-state index in [1.807, 2.05) is 0 Å². The maximum Gasteiger partial charge on any atom is 0.220 e. The highest BCUT2D eigenvalue weighted by Crippen LogP contribution is 2.26. The van der Waals surface area contributed by atoms with Crippen LogP contribution in [-0.4, -0.2) is 45.3 Å². The zero-order valence-corrected chi connectivity index (χ0v) is 10.1. The summed E-state index contributed by atoms with van der Waals surface area (Å²) < 4.78 is 25.2. The van der Waals surface area contributed by atoms with Crippen molar-refractivity contribution in [3.05, 3.63) is 18.5 Å². The van der Waals surface area contributed by atoms with Gasteiger partial charge in [0.1, 0.15) is 12.7 Å². The Labute approximate surface area is 103 Å². The Morgan fingerprint density at radius 2 is 2.39 bits per heavy atom. The van der Waals surface area contributed by atoms with Crippen LogP contribution in [0.4, 0.5) is 4.39 Å². The molecule has 0 saturated carbocycles. The van der Waals surface area contributed by atoms with Crippen LogP contribution in [0.15, 0.2) is 18.5 Å². The lowest BCUT2D eigenvalue weighted by Crippen LogP contribution is -2.52. The highest BCUT2D eigenvalue weighted by molar-refractivity contribution is 5.85. The molecule has 0 bridgehead atoms. The number of nitrogens with zero attached hydrogens (tertiary/aromatic N) is 2. The fourth-order valence-electron chi connectivity index (χ4n) is 1.72. The van der Waals surface area contributed by atoms with E-state index < -0.39 is 30.1 Å². The van der Waals surface area contributed by atoms with E-state index in [-0.39, 0.29) is 6.61 Å². The van der Waals surface area contributed by atoms with Gasteiger partial charge in [-0.2, -0.15) is 5.10 Å². The van der Waals surface area contributed by atoms with Crippen LogP contribution in [0.1, 0.15) is 20.1 Å². The highest BCUT2D eigenvalue weighted by Gasteiger charge is 2.43. The van der Waals surface area contributed by atoms with E-state index in [2.05, 4.69) is 5.10 Å². The summed E-state index contributed by atoms with van der Waals surface area (Å²) in [6.07, 6.45) is -1.98. The molecular weight excluding hydrogens is 243 g/mol. The summed E-state index contributed by atoms with van der Waals surface area (Å²) in [6.45, 7) is 2.99. The fourth-order valence-corrected chi connectivity index (χ4v) is 1.72. The summed E-state index contributed by atoms with van der Waals surface area (Å²) >= 11 is 0. The summed E-state index contributed by atoms with van der Waals surface area (Å²) in [5.41, 5.74) is 0. The molecule has 2 rings (SSSR count). The summed E-state index contributed by atoms with van der Waals surface area (Å²) in [6, 6.07) is 1.52. The summed E-state index contributed by atoms with van der Waals surface area (Å²) in [4.78, 5) is 11.6. The molecule has 1 N–H and O–H groups in total. The monoisotopic (exact) mass is 258 g/mol. The van der Waals surface area contributed by atoms with E-state index >= 15 is 0 Å². The first-order chi connectivity index (χ1) is 8.41. The maximum absolute atomic E-state index is 13.9. The molecule has 1 aromatic heterocycles. The molecule has 0 spiro atoms. The van der Waals surface area contributed by atoms with E-state index in [1.165, 1.54) is 18.5 Å². The number of aromatic nitrogens is 2. The molecule has 100 valence electrons. The average Bonchev–Trinajstić information content (AvgIpc) is 2.84. The van der Waals surface area contributed by atoms with Crippen molar-refractivity contribution in [1.82, 2.24) is 9.78 Å². The first-order valence-electron chi connectivity index (χ1n) is 5.56. The van der Waals surface area contributed by atoms with Crippen LogP contribution in [0, 0.1) is 0 Å². The molecule has 0 radical (unpaired) electrons. The maximum atomic E-state index is 13.9. The normalized spacial score (nSPS) is 26.9. The van der Waals surface area contributed by atoms with Crippen molar-refractivity contribution in [2.24, 2.45) is 0 Å². The number of alkyl halides is 1. The van der Waals surface area contributed by atoms with Crippen molar-refractivity contribution < 1.29 is 23.8 Å². The molecular formula is C11H15FN2O4. The number of aliphatic hydroxyl groups excluding tert-OH is 1. The molecule has 1 fully saturated rings. The van der Waals surface area contributed by atoms with E-state index in [4.69, 9.17) is 9.47 Å². The van der Waals surface area contributed by atoms with Crippen LogP contribution < -0.4 is 0 Å². The molecule has 0 aliphatic carbocycles. The highest BCUT2D eigenvalue weighted by atomic mass is 19.1. The third kappa shape index (κ3) is 2.58. The zero-order valence-electron chi connectivity index (χ0n) is 10.1. The van der Waals surface area contributed by atoms with Gasteiger partial charge in [0.25, 0.3) is 0 Å². The van der Waals surface area contributed by atoms with Crippen molar-refractivity contribution in [2.45, 2.75) is 38.1 Å². The Morgan fingerprint density at radius 3 is 3.00 bits per heavy atom. The van der Waals surface area contributed by atoms with Crippen LogP contribution in [0.25, 0.3) is 0 Å². The third-order valence-electron chi connectivity index (χ3n) is 2.66. The number of carbonyl (C=O) groups is 1. The number of ketones is 1. The van der Waals surface area contributed by atoms with E-state index in [0.717, 1.165) is 4.68 Å². The molecule has 1 aliphatic heterocycles. The van der Waals surface area contributed by atoms with E-state index in [9.17, 15) is 14.3 Å². The van der Waals surface area contributed by atoms with Gasteiger partial charge in [-0.15, -0.1) is 0 Å². The topological polar surface area (TPSA) is 73.6 Å². The lowest BCUT2D eigenvalue weighted by Gasteiger charge is -2.37. The molecule has 18 heavy (non-hydrogen) atoms. The quantitative estimate of drug-likeness (QED) is 0.851. The van der Waals surface area contributed by atoms with Crippen molar-refractivity contribution in [3.8, 4) is 0 Å². The second kappa shape index (κ2) is 4.75. The predicted molar refractivity (Wildman–Crippen MR) is 58.3 cm³/mol. The standard InChI is InChI=1S/C11H15FN2O4/c1-11(2)17-6-7(15)9(18-11)8(16)10(12)14-5-3-4-13-14/h3-5,8-10,16H,6H2,1-2H3/t8-,9?,10?/m1/s1. The van der Waals surface area contributed by atoms with Gasteiger partial charge in [-0.25, -0.2) is 9.07 Å². The Morgan fingerprint density at radius 1 is 1.67 bits per heavy atom. The number of halogens is 1. The third-order valence-corrected chi connectivity index (χ3v) is 2.66. The number of aliphatic hydroxyl groups is 1. The van der Waals surface area contributed by atoms with Gasteiger partial charge in [0.2, 0.25) is 6.30 Å². The van der Waals surface area contributed by atoms with E-state index in [0.29, 0.717) is 0 Å². The summed E-state index contributed by atoms with van der Waals surface area (Å²) in [5, 5.41) is 13.6. The van der Waals surface area contributed by atoms with Gasteiger partial charge in [-0.05, 0) is 19.9 Å². The summed E-state index contributed by atoms with van der Waals surface area (Å²) in [5.74, 6) is -1.51. The molecule has 1 aromatic rings. The largest absolute Gasteiger partial charge is 0.385 e. The lowest BCUT2D eigenvalue weighted by atomic mass is 10.1. The first kappa shape index (κ1) is 13.1. The summed E-state index contributed by atoms with van der Waals surface area (Å²) in [7, 11) is 0.